The molecule has 2 aliphatic heterocycles. The second-order valence-corrected chi connectivity index (χ2v) is 5.38. The Bertz CT molecular complexity index is 459. The lowest BCUT2D eigenvalue weighted by molar-refractivity contribution is 0.0669. The molecule has 2 bridgehead atoms. The van der Waals surface area contributed by atoms with Gasteiger partial charge in [-0.05, 0) is 38.8 Å². The van der Waals surface area contributed by atoms with E-state index in [0.29, 0.717) is 17.8 Å². The van der Waals surface area contributed by atoms with Crippen LogP contribution in [0.3, 0.4) is 0 Å². The minimum atomic E-state index is 0. The summed E-state index contributed by atoms with van der Waals surface area (Å²) in [6.45, 7) is 3.88. The zero-order chi connectivity index (χ0) is 12.7. The van der Waals surface area contributed by atoms with Crippen LogP contribution in [0.4, 0.5) is 0 Å². The van der Waals surface area contributed by atoms with Crippen LogP contribution in [0.15, 0.2) is 6.07 Å². The molecule has 0 saturated carbocycles. The van der Waals surface area contributed by atoms with Crippen LogP contribution in [0.5, 0.6) is 0 Å². The summed E-state index contributed by atoms with van der Waals surface area (Å²) in [6.07, 6.45) is 3.34. The van der Waals surface area contributed by atoms with Crippen LogP contribution in [0.25, 0.3) is 0 Å². The third-order valence-electron chi connectivity index (χ3n) is 4.11. The van der Waals surface area contributed by atoms with Gasteiger partial charge in [-0.15, -0.1) is 12.4 Å². The molecule has 1 aromatic rings. The van der Waals surface area contributed by atoms with Gasteiger partial charge in [0.05, 0.1) is 5.69 Å². The second kappa shape index (κ2) is 5.51. The van der Waals surface area contributed by atoms with Crippen LogP contribution in [-0.4, -0.2) is 45.8 Å². The first kappa shape index (κ1) is 14.3. The summed E-state index contributed by atoms with van der Waals surface area (Å²) in [4.78, 5) is 14.8. The zero-order valence-electron chi connectivity index (χ0n) is 11.4. The standard InChI is InChI=1S/C13H20N4O.ClH/c1-9-7-12(16(2)15-9)13(18)17-10-3-4-11(17)8-14-6-5-10;/h7,10-11,14H,3-6,8H2,1-2H3;1H. The Balaban J connectivity index is 0.00000133. The van der Waals surface area contributed by atoms with Crippen LogP contribution >= 0.6 is 12.4 Å². The summed E-state index contributed by atoms with van der Waals surface area (Å²) in [5.41, 5.74) is 1.62. The Kier molecular flexibility index (Phi) is 4.16. The van der Waals surface area contributed by atoms with E-state index < -0.39 is 0 Å². The lowest BCUT2D eigenvalue weighted by Gasteiger charge is -2.27. The molecule has 2 fully saturated rings. The molecule has 0 aliphatic carbocycles. The number of fused-ring (bicyclic) bond motifs is 2. The minimum Gasteiger partial charge on any atom is -0.330 e. The highest BCUT2D eigenvalue weighted by Gasteiger charge is 2.39. The van der Waals surface area contributed by atoms with E-state index in [9.17, 15) is 4.79 Å². The largest absolute Gasteiger partial charge is 0.330 e. The maximum absolute atomic E-state index is 12.7. The second-order valence-electron chi connectivity index (χ2n) is 5.38. The van der Waals surface area contributed by atoms with Gasteiger partial charge in [-0.1, -0.05) is 0 Å². The predicted molar refractivity (Wildman–Crippen MR) is 75.7 cm³/mol. The van der Waals surface area contributed by atoms with Crippen molar-refractivity contribution < 1.29 is 4.79 Å². The van der Waals surface area contributed by atoms with Crippen molar-refractivity contribution in [2.75, 3.05) is 13.1 Å². The molecule has 106 valence electrons. The number of rotatable bonds is 1. The summed E-state index contributed by atoms with van der Waals surface area (Å²) in [7, 11) is 1.85. The van der Waals surface area contributed by atoms with E-state index in [1.807, 2.05) is 20.0 Å². The maximum atomic E-state index is 12.7. The number of amides is 1. The molecule has 19 heavy (non-hydrogen) atoms. The van der Waals surface area contributed by atoms with E-state index in [1.165, 1.54) is 0 Å². The average Bonchev–Trinajstić information content (AvgIpc) is 2.76. The highest BCUT2D eigenvalue weighted by Crippen LogP contribution is 2.29. The molecule has 1 amide bonds. The van der Waals surface area contributed by atoms with Gasteiger partial charge in [0.25, 0.3) is 5.91 Å². The van der Waals surface area contributed by atoms with Gasteiger partial charge in [0, 0.05) is 25.7 Å². The molecular weight excluding hydrogens is 264 g/mol. The van der Waals surface area contributed by atoms with E-state index in [-0.39, 0.29) is 18.3 Å². The van der Waals surface area contributed by atoms with Crippen molar-refractivity contribution in [1.29, 1.82) is 0 Å². The first-order valence-corrected chi connectivity index (χ1v) is 6.71. The summed E-state index contributed by atoms with van der Waals surface area (Å²) >= 11 is 0. The summed E-state index contributed by atoms with van der Waals surface area (Å²) < 4.78 is 1.70. The van der Waals surface area contributed by atoms with Gasteiger partial charge in [-0.3, -0.25) is 9.48 Å². The molecule has 2 aliphatic rings. The van der Waals surface area contributed by atoms with Gasteiger partial charge in [0.2, 0.25) is 0 Å². The van der Waals surface area contributed by atoms with Crippen molar-refractivity contribution in [2.24, 2.45) is 7.05 Å². The number of carbonyl (C=O) groups excluding carboxylic acids is 1. The monoisotopic (exact) mass is 284 g/mol. The van der Waals surface area contributed by atoms with Crippen LogP contribution in [-0.2, 0) is 7.05 Å². The molecule has 2 unspecified atom stereocenters. The smallest absolute Gasteiger partial charge is 0.272 e. The van der Waals surface area contributed by atoms with Crippen molar-refractivity contribution in [3.63, 3.8) is 0 Å². The highest BCUT2D eigenvalue weighted by atomic mass is 35.5. The predicted octanol–water partition coefficient (Wildman–Crippen LogP) is 1.12. The van der Waals surface area contributed by atoms with E-state index in [2.05, 4.69) is 15.3 Å². The fraction of sp³-hybridized carbons (Fsp3) is 0.692. The van der Waals surface area contributed by atoms with Gasteiger partial charge in [-0.25, -0.2) is 0 Å². The molecule has 6 heteroatoms. The van der Waals surface area contributed by atoms with Gasteiger partial charge >= 0.3 is 0 Å². The fourth-order valence-electron chi connectivity index (χ4n) is 3.26. The van der Waals surface area contributed by atoms with Gasteiger partial charge in [0.1, 0.15) is 5.69 Å². The average molecular weight is 285 g/mol. The Hall–Kier alpha value is -1.07. The topological polar surface area (TPSA) is 50.2 Å². The van der Waals surface area contributed by atoms with Crippen LogP contribution in [0.2, 0.25) is 0 Å². The van der Waals surface area contributed by atoms with E-state index >= 15 is 0 Å². The first-order chi connectivity index (χ1) is 8.66. The molecule has 3 heterocycles. The molecule has 2 atom stereocenters. The van der Waals surface area contributed by atoms with Crippen molar-refractivity contribution in [3.8, 4) is 0 Å². The molecule has 1 aromatic heterocycles. The van der Waals surface area contributed by atoms with Crippen molar-refractivity contribution in [1.82, 2.24) is 20.0 Å². The number of nitrogens with zero attached hydrogens (tertiary/aromatic N) is 3. The van der Waals surface area contributed by atoms with E-state index in [1.54, 1.807) is 4.68 Å². The molecule has 3 rings (SSSR count). The van der Waals surface area contributed by atoms with E-state index in [4.69, 9.17) is 0 Å². The van der Waals surface area contributed by atoms with Crippen LogP contribution in [0.1, 0.15) is 35.4 Å². The summed E-state index contributed by atoms with van der Waals surface area (Å²) in [5, 5.41) is 7.69. The molecular formula is C13H21ClN4O. The molecule has 1 N–H and O–H groups in total. The number of hydrogen-bond donors (Lipinski definition) is 1. The Labute approximate surface area is 119 Å². The minimum absolute atomic E-state index is 0. The molecule has 0 spiro atoms. The number of carbonyl (C=O) groups is 1. The Morgan fingerprint density at radius 3 is 2.79 bits per heavy atom. The maximum Gasteiger partial charge on any atom is 0.272 e. The number of hydrogen-bond acceptors (Lipinski definition) is 3. The summed E-state index contributed by atoms with van der Waals surface area (Å²) in [5.74, 6) is 0.148. The van der Waals surface area contributed by atoms with Crippen molar-refractivity contribution >= 4 is 18.3 Å². The SMILES string of the molecule is Cc1cc(C(=O)N2C3CCNCC2CC3)n(C)n1.Cl. The Morgan fingerprint density at radius 2 is 2.11 bits per heavy atom. The fourth-order valence-corrected chi connectivity index (χ4v) is 3.26. The number of aryl methyl sites for hydroxylation is 2. The molecule has 0 radical (unpaired) electrons. The van der Waals surface area contributed by atoms with Gasteiger partial charge in [0.15, 0.2) is 0 Å². The summed E-state index contributed by atoms with van der Waals surface area (Å²) in [6, 6.07) is 2.66. The van der Waals surface area contributed by atoms with Crippen LogP contribution in [0, 0.1) is 6.92 Å². The van der Waals surface area contributed by atoms with Crippen molar-refractivity contribution in [2.45, 2.75) is 38.3 Å². The zero-order valence-corrected chi connectivity index (χ0v) is 12.2. The molecule has 0 aromatic carbocycles. The number of aromatic nitrogens is 2. The van der Waals surface area contributed by atoms with Crippen molar-refractivity contribution in [3.05, 3.63) is 17.5 Å². The van der Waals surface area contributed by atoms with Gasteiger partial charge in [-0.2, -0.15) is 5.10 Å². The molecule has 2 saturated heterocycles. The Morgan fingerprint density at radius 1 is 1.37 bits per heavy atom. The lowest BCUT2D eigenvalue weighted by atomic mass is 10.1. The van der Waals surface area contributed by atoms with E-state index in [0.717, 1.165) is 38.0 Å². The molecule has 5 nitrogen and oxygen atoms in total. The highest BCUT2D eigenvalue weighted by molar-refractivity contribution is 5.93. The quantitative estimate of drug-likeness (QED) is 0.841. The first-order valence-electron chi connectivity index (χ1n) is 6.71. The van der Waals surface area contributed by atoms with Gasteiger partial charge < -0.3 is 10.2 Å². The lowest BCUT2D eigenvalue weighted by Crippen LogP contribution is -2.43. The third-order valence-corrected chi connectivity index (χ3v) is 4.11. The third kappa shape index (κ3) is 2.49. The number of nitrogens with one attached hydrogen (secondary N) is 1. The van der Waals surface area contributed by atoms with Crippen LogP contribution < -0.4 is 5.32 Å². The number of halogens is 1. The normalized spacial score (nSPS) is 25.9.